The molecule has 1 saturated heterocycles. The van der Waals surface area contributed by atoms with Crippen LogP contribution in [0.1, 0.15) is 17.3 Å². The molecule has 0 bridgehead atoms. The summed E-state index contributed by atoms with van der Waals surface area (Å²) >= 11 is 6.07. The summed E-state index contributed by atoms with van der Waals surface area (Å²) in [6.07, 6.45) is 2.41. The average molecular weight is 588 g/mol. The molecule has 1 aliphatic heterocycles. The molecule has 1 aliphatic rings. The number of anilines is 2. The predicted octanol–water partition coefficient (Wildman–Crippen LogP) is 3.05. The summed E-state index contributed by atoms with van der Waals surface area (Å²) in [6.45, 7) is 2.72. The van der Waals surface area contributed by atoms with Crippen LogP contribution in [0.5, 0.6) is 0 Å². The Hall–Kier alpha value is -4.14. The number of amides is 2. The Labute approximate surface area is 233 Å². The number of carbonyl (C=O) groups excluding carboxylic acids is 2. The van der Waals surface area contributed by atoms with Gasteiger partial charge in [-0.2, -0.15) is 5.10 Å². The van der Waals surface area contributed by atoms with Gasteiger partial charge >= 0.3 is 0 Å². The highest BCUT2D eigenvalue weighted by atomic mass is 35.5. The molecule has 5 rings (SSSR count). The van der Waals surface area contributed by atoms with E-state index in [0.717, 1.165) is 6.26 Å². The number of carbonyl (C=O) groups is 2. The number of nitrogens with one attached hydrogen (secondary N) is 2. The number of rotatable bonds is 6. The molecular weight excluding hydrogens is 565 g/mol. The normalized spacial score (nSPS) is 13.8. The predicted molar refractivity (Wildman–Crippen MR) is 146 cm³/mol. The van der Waals surface area contributed by atoms with Crippen LogP contribution in [0.4, 0.5) is 15.9 Å². The number of hydrogen-bond acceptors (Lipinski definition) is 8. The van der Waals surface area contributed by atoms with Crippen LogP contribution < -0.4 is 10.0 Å². The Morgan fingerprint density at radius 1 is 1.10 bits per heavy atom. The van der Waals surface area contributed by atoms with E-state index in [2.05, 4.69) is 25.1 Å². The van der Waals surface area contributed by atoms with Crippen molar-refractivity contribution in [1.82, 2.24) is 24.5 Å². The SMILES string of the molecule is CC(=O)Nc1nc2ccc(-c3cnc(Cl)c(NS(C)(=O)=O)c3)nn2c1-c1ccc(F)c(C(=O)N2CCOCC2)c1. The van der Waals surface area contributed by atoms with E-state index in [1.807, 2.05) is 0 Å². The molecule has 0 saturated carbocycles. The van der Waals surface area contributed by atoms with Crippen LogP contribution in [0.2, 0.25) is 5.15 Å². The lowest BCUT2D eigenvalue weighted by Gasteiger charge is -2.27. The van der Waals surface area contributed by atoms with E-state index in [1.165, 1.54) is 46.8 Å². The zero-order valence-electron chi connectivity index (χ0n) is 21.3. The van der Waals surface area contributed by atoms with Crippen molar-refractivity contribution in [1.29, 1.82) is 0 Å². The van der Waals surface area contributed by atoms with E-state index in [9.17, 15) is 22.4 Å². The highest BCUT2D eigenvalue weighted by Gasteiger charge is 2.24. The first-order valence-corrected chi connectivity index (χ1v) is 14.2. The standard InChI is InChI=1S/C25H23ClFN7O5S/c1-14(35)29-24-22(15-3-4-18(27)17(11-15)25(36)33-7-9-39-10-8-33)34-21(30-24)6-5-19(31-34)16-12-20(23(26)28-13-16)32-40(2,37)38/h3-6,11-13,32H,7-10H2,1-2H3,(H,29,35). The molecular formula is C25H23ClFN7O5S. The Morgan fingerprint density at radius 2 is 1.85 bits per heavy atom. The first-order valence-electron chi connectivity index (χ1n) is 12.0. The van der Waals surface area contributed by atoms with Crippen LogP contribution in [0.15, 0.2) is 42.6 Å². The number of hydrogen-bond donors (Lipinski definition) is 2. The van der Waals surface area contributed by atoms with Gasteiger partial charge in [-0.1, -0.05) is 11.6 Å². The van der Waals surface area contributed by atoms with Crippen LogP contribution in [0.25, 0.3) is 28.2 Å². The summed E-state index contributed by atoms with van der Waals surface area (Å²) in [6, 6.07) is 8.79. The lowest BCUT2D eigenvalue weighted by atomic mass is 10.1. The molecule has 0 spiro atoms. The number of benzene rings is 1. The van der Waals surface area contributed by atoms with Gasteiger partial charge in [-0.25, -0.2) is 27.3 Å². The van der Waals surface area contributed by atoms with Crippen molar-refractivity contribution in [2.75, 3.05) is 42.6 Å². The highest BCUT2D eigenvalue weighted by molar-refractivity contribution is 7.92. The number of halogens is 2. The maximum atomic E-state index is 14.9. The maximum absolute atomic E-state index is 14.9. The molecule has 1 fully saturated rings. The summed E-state index contributed by atoms with van der Waals surface area (Å²) in [4.78, 5) is 35.1. The number of ether oxygens (including phenoxy) is 1. The zero-order valence-corrected chi connectivity index (χ0v) is 22.9. The molecule has 0 unspecified atom stereocenters. The number of fused-ring (bicyclic) bond motifs is 1. The van der Waals surface area contributed by atoms with E-state index >= 15 is 0 Å². The third-order valence-corrected chi connectivity index (χ3v) is 6.86. The molecule has 0 radical (unpaired) electrons. The van der Waals surface area contributed by atoms with Gasteiger partial charge in [0.05, 0.1) is 36.4 Å². The Bertz CT molecular complexity index is 1760. The average Bonchev–Trinajstić information content (AvgIpc) is 3.26. The van der Waals surface area contributed by atoms with Gasteiger partial charge in [0.15, 0.2) is 16.6 Å². The van der Waals surface area contributed by atoms with Gasteiger partial charge in [-0.15, -0.1) is 0 Å². The second kappa shape index (κ2) is 10.8. The Morgan fingerprint density at radius 3 is 2.55 bits per heavy atom. The van der Waals surface area contributed by atoms with Gasteiger partial charge in [0.2, 0.25) is 15.9 Å². The van der Waals surface area contributed by atoms with Gasteiger partial charge in [0.1, 0.15) is 11.5 Å². The van der Waals surface area contributed by atoms with E-state index in [4.69, 9.17) is 16.3 Å². The van der Waals surface area contributed by atoms with E-state index in [1.54, 1.807) is 12.1 Å². The van der Waals surface area contributed by atoms with Crippen LogP contribution in [0, 0.1) is 5.82 Å². The number of nitrogens with zero attached hydrogens (tertiary/aromatic N) is 5. The van der Waals surface area contributed by atoms with Crippen molar-refractivity contribution in [2.45, 2.75) is 6.92 Å². The number of imidazole rings is 1. The minimum Gasteiger partial charge on any atom is -0.378 e. The van der Waals surface area contributed by atoms with Gasteiger partial charge in [-0.3, -0.25) is 14.3 Å². The molecule has 2 N–H and O–H groups in total. The first-order chi connectivity index (χ1) is 19.0. The summed E-state index contributed by atoms with van der Waals surface area (Å²) in [5, 5.41) is 7.26. The summed E-state index contributed by atoms with van der Waals surface area (Å²) < 4.78 is 47.4. The molecule has 12 nitrogen and oxygen atoms in total. The fraction of sp³-hybridized carbons (Fsp3) is 0.240. The smallest absolute Gasteiger partial charge is 0.257 e. The zero-order chi connectivity index (χ0) is 28.6. The monoisotopic (exact) mass is 587 g/mol. The van der Waals surface area contributed by atoms with Crippen molar-refractivity contribution in [2.24, 2.45) is 0 Å². The van der Waals surface area contributed by atoms with Gasteiger partial charge in [-0.05, 0) is 36.4 Å². The Balaban J connectivity index is 1.64. The number of pyridine rings is 1. The van der Waals surface area contributed by atoms with Gasteiger partial charge < -0.3 is 15.0 Å². The Kier molecular flexibility index (Phi) is 7.40. The van der Waals surface area contributed by atoms with E-state index in [0.29, 0.717) is 54.5 Å². The molecule has 0 atom stereocenters. The van der Waals surface area contributed by atoms with Crippen molar-refractivity contribution >= 4 is 50.6 Å². The minimum absolute atomic E-state index is 0.0460. The fourth-order valence-corrected chi connectivity index (χ4v) is 4.99. The molecule has 2 amide bonds. The molecule has 3 aromatic heterocycles. The molecule has 15 heteroatoms. The quantitative estimate of drug-likeness (QED) is 0.327. The summed E-state index contributed by atoms with van der Waals surface area (Å²) in [7, 11) is -3.63. The van der Waals surface area contributed by atoms with Crippen LogP contribution in [0.3, 0.4) is 0 Å². The second-order valence-electron chi connectivity index (χ2n) is 9.01. The van der Waals surface area contributed by atoms with Crippen LogP contribution >= 0.6 is 11.6 Å². The number of sulfonamides is 1. The van der Waals surface area contributed by atoms with Gasteiger partial charge in [0, 0.05) is 37.3 Å². The highest BCUT2D eigenvalue weighted by Crippen LogP contribution is 2.32. The molecule has 1 aromatic carbocycles. The van der Waals surface area contributed by atoms with E-state index < -0.39 is 27.7 Å². The third-order valence-electron chi connectivity index (χ3n) is 5.97. The van der Waals surface area contributed by atoms with Crippen molar-refractivity contribution in [3.05, 3.63) is 59.1 Å². The lowest BCUT2D eigenvalue weighted by Crippen LogP contribution is -2.41. The lowest BCUT2D eigenvalue weighted by molar-refractivity contribution is -0.114. The fourth-order valence-electron chi connectivity index (χ4n) is 4.23. The van der Waals surface area contributed by atoms with Crippen LogP contribution in [-0.4, -0.2) is 77.3 Å². The molecule has 4 aromatic rings. The summed E-state index contributed by atoms with van der Waals surface area (Å²) in [5.74, 6) is -1.41. The van der Waals surface area contributed by atoms with Gasteiger partial charge in [0.25, 0.3) is 5.91 Å². The summed E-state index contributed by atoms with van der Waals surface area (Å²) in [5.41, 5.74) is 1.76. The molecule has 40 heavy (non-hydrogen) atoms. The van der Waals surface area contributed by atoms with Crippen molar-refractivity contribution in [3.8, 4) is 22.5 Å². The van der Waals surface area contributed by atoms with Crippen molar-refractivity contribution in [3.63, 3.8) is 0 Å². The van der Waals surface area contributed by atoms with Crippen LogP contribution in [-0.2, 0) is 19.6 Å². The van der Waals surface area contributed by atoms with Crippen molar-refractivity contribution < 1.29 is 27.1 Å². The number of morpholine rings is 1. The number of aromatic nitrogens is 4. The third kappa shape index (κ3) is 5.73. The van der Waals surface area contributed by atoms with E-state index in [-0.39, 0.29) is 22.2 Å². The first kappa shape index (κ1) is 27.4. The minimum atomic E-state index is -3.63. The molecule has 208 valence electrons. The topological polar surface area (TPSA) is 148 Å². The molecule has 0 aliphatic carbocycles. The second-order valence-corrected chi connectivity index (χ2v) is 11.1. The molecule has 4 heterocycles. The maximum Gasteiger partial charge on any atom is 0.257 e. The largest absolute Gasteiger partial charge is 0.378 e.